The Morgan fingerprint density at radius 2 is 1.69 bits per heavy atom. The highest BCUT2D eigenvalue weighted by Crippen LogP contribution is 2.41. The third-order valence-corrected chi connectivity index (χ3v) is 6.49. The molecule has 1 aromatic carbocycles. The van der Waals surface area contributed by atoms with E-state index < -0.39 is 23.8 Å². The fourth-order valence-electron chi connectivity index (χ4n) is 3.94. The topological polar surface area (TPSA) is 92.7 Å². The maximum atomic E-state index is 12.9. The van der Waals surface area contributed by atoms with Crippen LogP contribution in [-0.2, 0) is 14.3 Å². The Morgan fingerprint density at radius 1 is 1.07 bits per heavy atom. The Morgan fingerprint density at radius 3 is 2.28 bits per heavy atom. The number of methoxy groups -OCH3 is 1. The number of carboxylic acid groups (broad SMARTS) is 1. The number of thiophene rings is 1. The van der Waals surface area contributed by atoms with E-state index in [1.165, 1.54) is 18.4 Å². The van der Waals surface area contributed by atoms with Gasteiger partial charge in [-0.1, -0.05) is 42.7 Å². The number of ether oxygens (including phenoxy) is 1. The maximum Gasteiger partial charge on any atom is 0.341 e. The zero-order valence-corrected chi connectivity index (χ0v) is 17.6. The van der Waals surface area contributed by atoms with Crippen molar-refractivity contribution < 1.29 is 24.2 Å². The second kappa shape index (κ2) is 8.78. The molecule has 1 aliphatic rings. The third kappa shape index (κ3) is 4.34. The van der Waals surface area contributed by atoms with Gasteiger partial charge in [0, 0.05) is 10.4 Å². The quantitative estimate of drug-likeness (QED) is 0.694. The molecule has 0 spiro atoms. The van der Waals surface area contributed by atoms with Gasteiger partial charge in [0.05, 0.1) is 18.9 Å². The lowest BCUT2D eigenvalue weighted by atomic mass is 9.78. The number of benzene rings is 1. The number of aryl methyl sites for hydroxylation is 2. The molecular weight excluding hydrogens is 390 g/mol. The molecule has 29 heavy (non-hydrogen) atoms. The average Bonchev–Trinajstić information content (AvgIpc) is 3.03. The number of hydrogen-bond donors (Lipinski definition) is 2. The summed E-state index contributed by atoms with van der Waals surface area (Å²) in [6.45, 7) is 3.88. The molecule has 2 aromatic rings. The van der Waals surface area contributed by atoms with Crippen LogP contribution >= 0.6 is 11.3 Å². The molecule has 2 atom stereocenters. The van der Waals surface area contributed by atoms with Crippen LogP contribution in [0.15, 0.2) is 24.3 Å². The summed E-state index contributed by atoms with van der Waals surface area (Å²) in [6, 6.07) is 7.80. The molecule has 1 saturated carbocycles. The molecule has 7 heteroatoms. The van der Waals surface area contributed by atoms with Crippen molar-refractivity contribution in [1.29, 1.82) is 0 Å². The van der Waals surface area contributed by atoms with Crippen LogP contribution in [0, 0.1) is 25.7 Å². The summed E-state index contributed by atoms with van der Waals surface area (Å²) in [6.07, 6.45) is 2.66. The molecule has 1 aliphatic carbocycles. The summed E-state index contributed by atoms with van der Waals surface area (Å²) in [7, 11) is 1.31. The lowest BCUT2D eigenvalue weighted by Gasteiger charge is -2.27. The van der Waals surface area contributed by atoms with E-state index in [1.807, 2.05) is 38.1 Å². The van der Waals surface area contributed by atoms with Crippen molar-refractivity contribution in [3.63, 3.8) is 0 Å². The van der Waals surface area contributed by atoms with Gasteiger partial charge in [-0.05, 0) is 32.3 Å². The number of aliphatic carboxylic acids is 1. The molecular formula is C22H25NO5S. The van der Waals surface area contributed by atoms with Crippen LogP contribution in [0.4, 0.5) is 5.00 Å². The van der Waals surface area contributed by atoms with E-state index in [2.05, 4.69) is 5.32 Å². The van der Waals surface area contributed by atoms with E-state index in [1.54, 1.807) is 0 Å². The highest BCUT2D eigenvalue weighted by molar-refractivity contribution is 7.17. The smallest absolute Gasteiger partial charge is 0.341 e. The third-order valence-electron chi connectivity index (χ3n) is 5.47. The van der Waals surface area contributed by atoms with Crippen LogP contribution in [0.1, 0.15) is 46.5 Å². The Balaban J connectivity index is 1.98. The van der Waals surface area contributed by atoms with Gasteiger partial charge in [0.1, 0.15) is 10.6 Å². The number of hydrogen-bond acceptors (Lipinski definition) is 5. The number of esters is 1. The van der Waals surface area contributed by atoms with Crippen molar-refractivity contribution in [2.45, 2.75) is 39.5 Å². The average molecular weight is 416 g/mol. The van der Waals surface area contributed by atoms with Crippen LogP contribution in [0.25, 0.3) is 11.1 Å². The molecule has 1 heterocycles. The molecule has 1 fully saturated rings. The second-order valence-corrected chi connectivity index (χ2v) is 8.64. The number of carboxylic acids is 1. The minimum Gasteiger partial charge on any atom is -0.481 e. The van der Waals surface area contributed by atoms with Crippen LogP contribution in [0.3, 0.4) is 0 Å². The molecule has 1 amide bonds. The van der Waals surface area contributed by atoms with Gasteiger partial charge >= 0.3 is 11.9 Å². The van der Waals surface area contributed by atoms with Gasteiger partial charge in [-0.15, -0.1) is 11.3 Å². The Kier molecular flexibility index (Phi) is 6.37. The molecule has 3 rings (SSSR count). The molecule has 0 radical (unpaired) electrons. The molecule has 0 unspecified atom stereocenters. The zero-order chi connectivity index (χ0) is 21.1. The van der Waals surface area contributed by atoms with Gasteiger partial charge < -0.3 is 15.2 Å². The van der Waals surface area contributed by atoms with E-state index in [4.69, 9.17) is 4.74 Å². The van der Waals surface area contributed by atoms with Crippen molar-refractivity contribution in [3.8, 4) is 11.1 Å². The van der Waals surface area contributed by atoms with Gasteiger partial charge in [0.15, 0.2) is 0 Å². The summed E-state index contributed by atoms with van der Waals surface area (Å²) < 4.78 is 4.98. The van der Waals surface area contributed by atoms with Gasteiger partial charge in [-0.2, -0.15) is 0 Å². The first kappa shape index (κ1) is 21.0. The molecule has 0 aliphatic heterocycles. The summed E-state index contributed by atoms with van der Waals surface area (Å²) >= 11 is 1.31. The standard InChI is InChI=1S/C22H25NO5S/c1-12-8-10-14(11-9-12)17-13(2)29-20(18(17)22(27)28-3)23-19(24)15-6-4-5-7-16(15)21(25)26/h8-11,15-16H,4-7H2,1-3H3,(H,23,24)(H,25,26)/t15-,16-/m0/s1. The van der Waals surface area contributed by atoms with Crippen molar-refractivity contribution in [2.24, 2.45) is 11.8 Å². The van der Waals surface area contributed by atoms with Crippen LogP contribution in [0.5, 0.6) is 0 Å². The zero-order valence-electron chi connectivity index (χ0n) is 16.8. The van der Waals surface area contributed by atoms with Crippen LogP contribution < -0.4 is 5.32 Å². The predicted octanol–water partition coefficient (Wildman–Crippen LogP) is 4.65. The van der Waals surface area contributed by atoms with E-state index in [-0.39, 0.29) is 5.91 Å². The Bertz CT molecular complexity index is 931. The van der Waals surface area contributed by atoms with Crippen molar-refractivity contribution in [1.82, 2.24) is 0 Å². The van der Waals surface area contributed by atoms with E-state index in [9.17, 15) is 19.5 Å². The molecule has 0 saturated heterocycles. The fourth-order valence-corrected chi connectivity index (χ4v) is 5.01. The fraction of sp³-hybridized carbons (Fsp3) is 0.409. The Hall–Kier alpha value is -2.67. The lowest BCUT2D eigenvalue weighted by molar-refractivity contribution is -0.147. The number of carbonyl (C=O) groups excluding carboxylic acids is 2. The highest BCUT2D eigenvalue weighted by Gasteiger charge is 2.36. The van der Waals surface area contributed by atoms with Gasteiger partial charge in [-0.25, -0.2) is 4.79 Å². The Labute approximate surface area is 173 Å². The summed E-state index contributed by atoms with van der Waals surface area (Å²) in [5.41, 5.74) is 3.02. The first-order valence-corrected chi connectivity index (χ1v) is 10.5. The minimum atomic E-state index is -0.944. The van der Waals surface area contributed by atoms with Crippen LogP contribution in [0.2, 0.25) is 0 Å². The number of amides is 1. The van der Waals surface area contributed by atoms with Crippen molar-refractivity contribution in [3.05, 3.63) is 40.3 Å². The SMILES string of the molecule is COC(=O)c1c(NC(=O)[C@H]2CCCC[C@@H]2C(=O)O)sc(C)c1-c1ccc(C)cc1. The van der Waals surface area contributed by atoms with Crippen molar-refractivity contribution in [2.75, 3.05) is 12.4 Å². The largest absolute Gasteiger partial charge is 0.481 e. The number of anilines is 1. The number of carbonyl (C=O) groups is 3. The minimum absolute atomic E-state index is 0.315. The first-order chi connectivity index (χ1) is 13.8. The maximum absolute atomic E-state index is 12.9. The predicted molar refractivity (Wildman–Crippen MR) is 112 cm³/mol. The molecule has 6 nitrogen and oxygen atoms in total. The summed E-state index contributed by atoms with van der Waals surface area (Å²) in [4.78, 5) is 37.9. The highest BCUT2D eigenvalue weighted by atomic mass is 32.1. The van der Waals surface area contributed by atoms with Gasteiger partial charge in [0.2, 0.25) is 5.91 Å². The first-order valence-electron chi connectivity index (χ1n) is 9.66. The van der Waals surface area contributed by atoms with Gasteiger partial charge in [-0.3, -0.25) is 9.59 Å². The monoisotopic (exact) mass is 415 g/mol. The van der Waals surface area contributed by atoms with E-state index in [0.717, 1.165) is 34.4 Å². The summed E-state index contributed by atoms with van der Waals surface area (Å²) in [5, 5.41) is 12.7. The van der Waals surface area contributed by atoms with Gasteiger partial charge in [0.25, 0.3) is 0 Å². The molecule has 2 N–H and O–H groups in total. The van der Waals surface area contributed by atoms with E-state index in [0.29, 0.717) is 23.4 Å². The number of nitrogens with one attached hydrogen (secondary N) is 1. The van der Waals surface area contributed by atoms with E-state index >= 15 is 0 Å². The van der Waals surface area contributed by atoms with Crippen molar-refractivity contribution >= 4 is 34.2 Å². The number of rotatable bonds is 5. The van der Waals surface area contributed by atoms with Crippen LogP contribution in [-0.4, -0.2) is 30.1 Å². The molecule has 154 valence electrons. The molecule has 1 aromatic heterocycles. The molecule has 0 bridgehead atoms. The second-order valence-electron chi connectivity index (χ2n) is 7.42. The summed E-state index contributed by atoms with van der Waals surface area (Å²) in [5.74, 6) is -3.11. The normalized spacial score (nSPS) is 18.9. The lowest BCUT2D eigenvalue weighted by Crippen LogP contribution is -2.36.